The summed E-state index contributed by atoms with van der Waals surface area (Å²) in [7, 11) is 4.20. The van der Waals surface area contributed by atoms with Crippen LogP contribution in [0.25, 0.3) is 0 Å². The number of aliphatic hydroxyl groups excluding tert-OH is 1. The van der Waals surface area contributed by atoms with Crippen LogP contribution in [0, 0.1) is 5.41 Å². The predicted molar refractivity (Wildman–Crippen MR) is 111 cm³/mol. The molecule has 0 spiro atoms. The summed E-state index contributed by atoms with van der Waals surface area (Å²) in [5.41, 5.74) is 4.82. The van der Waals surface area contributed by atoms with Crippen LogP contribution in [0.1, 0.15) is 87.7 Å². The van der Waals surface area contributed by atoms with E-state index in [1.54, 1.807) is 5.56 Å². The number of aliphatic hydroxyl groups is 1. The maximum absolute atomic E-state index is 9.77. The van der Waals surface area contributed by atoms with Gasteiger partial charge in [0.25, 0.3) is 0 Å². The molecule has 0 bridgehead atoms. The van der Waals surface area contributed by atoms with Crippen LogP contribution in [0.2, 0.25) is 0 Å². The summed E-state index contributed by atoms with van der Waals surface area (Å²) in [4.78, 5) is 2.37. The van der Waals surface area contributed by atoms with Crippen LogP contribution in [-0.4, -0.2) is 53.6 Å². The first-order valence-electron chi connectivity index (χ1n) is 11.1. The summed E-state index contributed by atoms with van der Waals surface area (Å²) in [6, 6.07) is 0.184. The number of fused-ring (bicyclic) bond motifs is 1. The molecule has 1 aliphatic heterocycles. The molecule has 1 aromatic rings. The molecule has 1 aliphatic carbocycles. The lowest BCUT2D eigenvalue weighted by Crippen LogP contribution is -2.28. The smallest absolute Gasteiger partial charge is 0.0802 e. The van der Waals surface area contributed by atoms with Gasteiger partial charge in [-0.1, -0.05) is 26.7 Å². The van der Waals surface area contributed by atoms with Crippen LogP contribution in [0.4, 0.5) is 0 Å². The number of likely N-dealkylation sites (N-methyl/N-ethyl adjacent to an activating group) is 2. The second-order valence-electron chi connectivity index (χ2n) is 8.95. The zero-order valence-electron chi connectivity index (χ0n) is 17.9. The van der Waals surface area contributed by atoms with E-state index in [1.165, 1.54) is 49.9 Å². The van der Waals surface area contributed by atoms with Gasteiger partial charge >= 0.3 is 0 Å². The summed E-state index contributed by atoms with van der Waals surface area (Å²) in [6.45, 7) is 7.89. The van der Waals surface area contributed by atoms with Crippen LogP contribution in [-0.2, 0) is 13.0 Å². The maximum Gasteiger partial charge on any atom is 0.0802 e. The molecule has 5 heteroatoms. The van der Waals surface area contributed by atoms with E-state index < -0.39 is 0 Å². The van der Waals surface area contributed by atoms with Crippen molar-refractivity contribution in [1.29, 1.82) is 0 Å². The number of nitrogens with one attached hydrogen (secondary N) is 1. The van der Waals surface area contributed by atoms with Crippen LogP contribution in [0.3, 0.4) is 0 Å². The van der Waals surface area contributed by atoms with Gasteiger partial charge in [0.1, 0.15) is 0 Å². The van der Waals surface area contributed by atoms with Crippen molar-refractivity contribution < 1.29 is 5.11 Å². The number of rotatable bonds is 9. The van der Waals surface area contributed by atoms with Crippen molar-refractivity contribution in [2.45, 2.75) is 83.7 Å². The van der Waals surface area contributed by atoms with E-state index in [-0.39, 0.29) is 12.6 Å². The Kier molecular flexibility index (Phi) is 6.98. The second kappa shape index (κ2) is 9.06. The van der Waals surface area contributed by atoms with E-state index in [1.807, 2.05) is 7.05 Å². The minimum atomic E-state index is 0.184. The van der Waals surface area contributed by atoms with Gasteiger partial charge in [0.15, 0.2) is 0 Å². The first kappa shape index (κ1) is 20.8. The van der Waals surface area contributed by atoms with Gasteiger partial charge in [-0.25, -0.2) is 0 Å². The topological polar surface area (TPSA) is 53.3 Å². The molecule has 2 heterocycles. The van der Waals surface area contributed by atoms with Crippen molar-refractivity contribution in [3.63, 3.8) is 0 Å². The van der Waals surface area contributed by atoms with E-state index >= 15 is 0 Å². The molecule has 27 heavy (non-hydrogen) atoms. The highest BCUT2D eigenvalue weighted by Crippen LogP contribution is 2.49. The Balaban J connectivity index is 1.82. The van der Waals surface area contributed by atoms with E-state index in [9.17, 15) is 5.11 Å². The average Bonchev–Trinajstić information content (AvgIpc) is 3.25. The fourth-order valence-electron chi connectivity index (χ4n) is 5.38. The van der Waals surface area contributed by atoms with Crippen LogP contribution in [0.5, 0.6) is 0 Å². The molecule has 154 valence electrons. The normalized spacial score (nSPS) is 22.5. The monoisotopic (exact) mass is 376 g/mol. The van der Waals surface area contributed by atoms with Gasteiger partial charge in [0, 0.05) is 30.9 Å². The van der Waals surface area contributed by atoms with Gasteiger partial charge in [-0.05, 0) is 64.0 Å². The Bertz CT molecular complexity index is 598. The molecule has 5 nitrogen and oxygen atoms in total. The highest BCUT2D eigenvalue weighted by atomic mass is 16.3. The van der Waals surface area contributed by atoms with Gasteiger partial charge in [-0.15, -0.1) is 0 Å². The lowest BCUT2D eigenvalue weighted by Gasteiger charge is -2.39. The van der Waals surface area contributed by atoms with E-state index in [0.717, 1.165) is 32.5 Å². The highest BCUT2D eigenvalue weighted by molar-refractivity contribution is 5.33. The molecular formula is C22H40N4O. The van der Waals surface area contributed by atoms with Crippen molar-refractivity contribution in [2.24, 2.45) is 5.41 Å². The Morgan fingerprint density at radius 1 is 1.22 bits per heavy atom. The number of aromatic nitrogens is 2. The lowest BCUT2D eigenvalue weighted by atomic mass is 9.66. The average molecular weight is 377 g/mol. The number of hydrogen-bond acceptors (Lipinski definition) is 4. The quantitative estimate of drug-likeness (QED) is 0.693. The molecule has 2 aliphatic rings. The predicted octanol–water partition coefficient (Wildman–Crippen LogP) is 3.48. The Morgan fingerprint density at radius 2 is 1.93 bits per heavy atom. The third-order valence-electron chi connectivity index (χ3n) is 7.52. The van der Waals surface area contributed by atoms with E-state index in [2.05, 4.69) is 35.8 Å². The molecule has 0 aromatic carbocycles. The summed E-state index contributed by atoms with van der Waals surface area (Å²) in [5, 5.41) is 18.1. The Morgan fingerprint density at radius 3 is 2.52 bits per heavy atom. The summed E-state index contributed by atoms with van der Waals surface area (Å²) in [6.07, 6.45) is 10.1. The SMILES string of the molecule is CCC1(CC)CCC(c2c(CN(C)CCNC)nn3c2CCC3CO)CC1. The molecule has 1 unspecified atom stereocenters. The zero-order chi connectivity index (χ0) is 19.4. The van der Waals surface area contributed by atoms with E-state index in [4.69, 9.17) is 5.10 Å². The minimum absolute atomic E-state index is 0.184. The third-order valence-corrected chi connectivity index (χ3v) is 7.52. The van der Waals surface area contributed by atoms with Gasteiger partial charge < -0.3 is 10.4 Å². The van der Waals surface area contributed by atoms with Crippen LogP contribution >= 0.6 is 0 Å². The largest absolute Gasteiger partial charge is 0.394 e. The Hall–Kier alpha value is -0.910. The van der Waals surface area contributed by atoms with Crippen molar-refractivity contribution in [3.05, 3.63) is 17.0 Å². The lowest BCUT2D eigenvalue weighted by molar-refractivity contribution is 0.158. The van der Waals surface area contributed by atoms with Crippen molar-refractivity contribution in [3.8, 4) is 0 Å². The van der Waals surface area contributed by atoms with Gasteiger partial charge in [0.2, 0.25) is 0 Å². The van der Waals surface area contributed by atoms with Crippen molar-refractivity contribution >= 4 is 0 Å². The summed E-state index contributed by atoms with van der Waals surface area (Å²) in [5.74, 6) is 0.658. The second-order valence-corrected chi connectivity index (χ2v) is 8.95. The molecule has 1 atom stereocenters. The molecule has 0 saturated heterocycles. The molecule has 1 saturated carbocycles. The highest BCUT2D eigenvalue weighted by Gasteiger charge is 2.37. The number of hydrogen-bond donors (Lipinski definition) is 2. The van der Waals surface area contributed by atoms with Gasteiger partial charge in [-0.2, -0.15) is 5.10 Å². The molecule has 1 fully saturated rings. The standard InChI is InChI=1S/C22H40N4O/c1-5-22(6-2)11-9-17(10-12-22)21-19(15-25(4)14-13-23-3)24-26-18(16-27)7-8-20(21)26/h17-18,23,27H,5-16H2,1-4H3. The fraction of sp³-hybridized carbons (Fsp3) is 0.864. The third kappa shape index (κ3) is 4.25. The Labute approximate surface area is 165 Å². The summed E-state index contributed by atoms with van der Waals surface area (Å²) < 4.78 is 2.18. The van der Waals surface area contributed by atoms with Crippen molar-refractivity contribution in [1.82, 2.24) is 20.0 Å². The first-order valence-corrected chi connectivity index (χ1v) is 11.1. The van der Waals surface area contributed by atoms with Gasteiger partial charge in [-0.3, -0.25) is 9.58 Å². The van der Waals surface area contributed by atoms with Gasteiger partial charge in [0.05, 0.1) is 18.3 Å². The first-order chi connectivity index (χ1) is 13.1. The van der Waals surface area contributed by atoms with Crippen LogP contribution in [0.15, 0.2) is 0 Å². The molecule has 1 aromatic heterocycles. The molecular weight excluding hydrogens is 336 g/mol. The minimum Gasteiger partial charge on any atom is -0.394 e. The molecule has 3 rings (SSSR count). The number of nitrogens with zero attached hydrogens (tertiary/aromatic N) is 3. The summed E-state index contributed by atoms with van der Waals surface area (Å²) >= 11 is 0. The molecule has 2 N–H and O–H groups in total. The van der Waals surface area contributed by atoms with E-state index in [0.29, 0.717) is 11.3 Å². The van der Waals surface area contributed by atoms with Crippen LogP contribution < -0.4 is 5.32 Å². The van der Waals surface area contributed by atoms with Crippen molar-refractivity contribution in [2.75, 3.05) is 33.8 Å². The molecule has 0 radical (unpaired) electrons. The molecule has 0 amide bonds. The maximum atomic E-state index is 9.77. The zero-order valence-corrected chi connectivity index (χ0v) is 17.9. The fourth-order valence-corrected chi connectivity index (χ4v) is 5.38.